The molecule has 0 aliphatic carbocycles. The number of fused-ring (bicyclic) bond motifs is 1. The van der Waals surface area contributed by atoms with Gasteiger partial charge in [-0.1, -0.05) is 6.92 Å². The number of rotatable bonds is 1. The molecular weight excluding hydrogens is 180 g/mol. The zero-order valence-corrected chi connectivity index (χ0v) is 8.90. The highest BCUT2D eigenvalue weighted by Gasteiger charge is 2.09. The zero-order chi connectivity index (χ0) is 9.42. The second kappa shape index (κ2) is 3.07. The lowest BCUT2D eigenvalue weighted by atomic mass is 10.1. The van der Waals surface area contributed by atoms with Crippen LogP contribution in [0.1, 0.15) is 23.1 Å². The number of aromatic nitrogens is 2. The first-order chi connectivity index (χ1) is 6.24. The summed E-state index contributed by atoms with van der Waals surface area (Å²) in [5.41, 5.74) is 2.52. The fourth-order valence-electron chi connectivity index (χ4n) is 1.52. The van der Waals surface area contributed by atoms with Gasteiger partial charge in [0.05, 0.1) is 5.69 Å². The molecule has 2 nitrogen and oxygen atoms in total. The molecule has 0 saturated carbocycles. The van der Waals surface area contributed by atoms with Crippen LogP contribution in [0, 0.1) is 13.8 Å². The minimum absolute atomic E-state index is 0.982. The Morgan fingerprint density at radius 2 is 2.08 bits per heavy atom. The van der Waals surface area contributed by atoms with Gasteiger partial charge in [0, 0.05) is 10.3 Å². The van der Waals surface area contributed by atoms with E-state index in [0.29, 0.717) is 0 Å². The van der Waals surface area contributed by atoms with Crippen LogP contribution in [0.4, 0.5) is 0 Å². The predicted molar refractivity (Wildman–Crippen MR) is 56.3 cm³/mol. The summed E-state index contributed by atoms with van der Waals surface area (Å²) in [5.74, 6) is 0. The maximum absolute atomic E-state index is 4.30. The van der Waals surface area contributed by atoms with E-state index in [-0.39, 0.29) is 0 Å². The maximum Gasteiger partial charge on any atom is 0.127 e. The topological polar surface area (TPSA) is 25.8 Å². The second-order valence-corrected chi connectivity index (χ2v) is 4.34. The van der Waals surface area contributed by atoms with Gasteiger partial charge >= 0.3 is 0 Å². The largest absolute Gasteiger partial charge is 0.241 e. The van der Waals surface area contributed by atoms with E-state index >= 15 is 0 Å². The summed E-state index contributed by atoms with van der Waals surface area (Å²) >= 11 is 1.76. The Labute approximate surface area is 81.7 Å². The lowest BCUT2D eigenvalue weighted by Crippen LogP contribution is -1.89. The van der Waals surface area contributed by atoms with Gasteiger partial charge in [0.25, 0.3) is 0 Å². The molecule has 68 valence electrons. The molecule has 0 atom stereocenters. The molecule has 0 radical (unpaired) electrons. The first-order valence-electron chi connectivity index (χ1n) is 4.43. The average molecular weight is 192 g/mol. The van der Waals surface area contributed by atoms with Crippen LogP contribution < -0.4 is 0 Å². The van der Waals surface area contributed by atoms with Gasteiger partial charge in [-0.25, -0.2) is 9.97 Å². The summed E-state index contributed by atoms with van der Waals surface area (Å²) in [7, 11) is 0. The van der Waals surface area contributed by atoms with Gasteiger partial charge < -0.3 is 0 Å². The third kappa shape index (κ3) is 1.23. The Balaban J connectivity index is 2.87. The highest BCUT2D eigenvalue weighted by molar-refractivity contribution is 7.18. The van der Waals surface area contributed by atoms with Gasteiger partial charge in [0.15, 0.2) is 0 Å². The number of nitrogens with zero attached hydrogens (tertiary/aromatic N) is 2. The molecule has 2 aromatic rings. The minimum Gasteiger partial charge on any atom is -0.241 e. The summed E-state index contributed by atoms with van der Waals surface area (Å²) in [6, 6.07) is 0. The molecule has 0 aliphatic rings. The monoisotopic (exact) mass is 192 g/mol. The van der Waals surface area contributed by atoms with Crippen LogP contribution in [0.25, 0.3) is 10.2 Å². The summed E-state index contributed by atoms with van der Waals surface area (Å²) < 4.78 is 0. The molecular formula is C10H12N2S. The lowest BCUT2D eigenvalue weighted by molar-refractivity contribution is 1.03. The van der Waals surface area contributed by atoms with E-state index in [1.807, 2.05) is 0 Å². The normalized spacial score (nSPS) is 11.0. The molecule has 0 saturated heterocycles. The summed E-state index contributed by atoms with van der Waals surface area (Å²) in [6.07, 6.45) is 2.65. The van der Waals surface area contributed by atoms with Crippen molar-refractivity contribution in [3.8, 4) is 0 Å². The highest BCUT2D eigenvalue weighted by atomic mass is 32.1. The molecule has 2 heterocycles. The third-order valence-corrected chi connectivity index (χ3v) is 3.49. The van der Waals surface area contributed by atoms with E-state index < -0.39 is 0 Å². The fourth-order valence-corrected chi connectivity index (χ4v) is 2.54. The SMILES string of the molecule is CCc1ncnc2sc(C)c(C)c12. The fraction of sp³-hybridized carbons (Fsp3) is 0.400. The van der Waals surface area contributed by atoms with E-state index in [0.717, 1.165) is 11.3 Å². The van der Waals surface area contributed by atoms with Crippen LogP contribution in [0.5, 0.6) is 0 Å². The standard InChI is InChI=1S/C10H12N2S/c1-4-8-9-6(2)7(3)13-10(9)12-5-11-8/h5H,4H2,1-3H3. The molecule has 0 aliphatic heterocycles. The quantitative estimate of drug-likeness (QED) is 0.694. The van der Waals surface area contributed by atoms with E-state index in [9.17, 15) is 0 Å². The van der Waals surface area contributed by atoms with Crippen LogP contribution in [-0.4, -0.2) is 9.97 Å². The van der Waals surface area contributed by atoms with Gasteiger partial charge in [-0.3, -0.25) is 0 Å². The van der Waals surface area contributed by atoms with E-state index in [1.54, 1.807) is 17.7 Å². The number of thiophene rings is 1. The third-order valence-electron chi connectivity index (χ3n) is 2.38. The Kier molecular flexibility index (Phi) is 2.04. The van der Waals surface area contributed by atoms with Gasteiger partial charge in [-0.05, 0) is 25.8 Å². The smallest absolute Gasteiger partial charge is 0.127 e. The van der Waals surface area contributed by atoms with Gasteiger partial charge in [0.1, 0.15) is 11.2 Å². The highest BCUT2D eigenvalue weighted by Crippen LogP contribution is 2.29. The molecule has 0 fully saturated rings. The molecule has 0 N–H and O–H groups in total. The van der Waals surface area contributed by atoms with Crippen LogP contribution in [-0.2, 0) is 6.42 Å². The van der Waals surface area contributed by atoms with Gasteiger partial charge in [0.2, 0.25) is 0 Å². The van der Waals surface area contributed by atoms with Crippen molar-refractivity contribution >= 4 is 21.6 Å². The molecule has 2 aromatic heterocycles. The molecule has 3 heteroatoms. The second-order valence-electron chi connectivity index (χ2n) is 3.14. The molecule has 0 spiro atoms. The zero-order valence-electron chi connectivity index (χ0n) is 8.09. The summed E-state index contributed by atoms with van der Waals surface area (Å²) in [6.45, 7) is 6.42. The van der Waals surface area contributed by atoms with E-state index in [4.69, 9.17) is 0 Å². The molecule has 13 heavy (non-hydrogen) atoms. The first-order valence-corrected chi connectivity index (χ1v) is 5.25. The first kappa shape index (κ1) is 8.63. The molecule has 0 amide bonds. The summed E-state index contributed by atoms with van der Waals surface area (Å²) in [4.78, 5) is 11.1. The van der Waals surface area contributed by atoms with Crippen molar-refractivity contribution in [2.45, 2.75) is 27.2 Å². The minimum atomic E-state index is 0.982. The van der Waals surface area contributed by atoms with Crippen LogP contribution >= 0.6 is 11.3 Å². The molecule has 0 aromatic carbocycles. The molecule has 0 bridgehead atoms. The Morgan fingerprint density at radius 3 is 2.77 bits per heavy atom. The summed E-state index contributed by atoms with van der Waals surface area (Å²) in [5, 5.41) is 1.27. The van der Waals surface area contributed by atoms with Gasteiger partial charge in [-0.2, -0.15) is 0 Å². The number of hydrogen-bond donors (Lipinski definition) is 0. The van der Waals surface area contributed by atoms with Crippen molar-refractivity contribution in [2.24, 2.45) is 0 Å². The molecule has 2 rings (SSSR count). The predicted octanol–water partition coefficient (Wildman–Crippen LogP) is 2.87. The van der Waals surface area contributed by atoms with Crippen LogP contribution in [0.15, 0.2) is 6.33 Å². The van der Waals surface area contributed by atoms with E-state index in [2.05, 4.69) is 30.7 Å². The Bertz CT molecular complexity index is 445. The number of hydrogen-bond acceptors (Lipinski definition) is 3. The van der Waals surface area contributed by atoms with E-state index in [1.165, 1.54) is 21.5 Å². The molecule has 0 unspecified atom stereocenters. The number of aryl methyl sites for hydroxylation is 3. The average Bonchev–Trinajstić information content (AvgIpc) is 2.43. The maximum atomic E-state index is 4.30. The van der Waals surface area contributed by atoms with Crippen molar-refractivity contribution in [1.29, 1.82) is 0 Å². The van der Waals surface area contributed by atoms with Crippen molar-refractivity contribution in [3.05, 3.63) is 22.5 Å². The van der Waals surface area contributed by atoms with Crippen LogP contribution in [0.3, 0.4) is 0 Å². The Morgan fingerprint density at radius 1 is 1.31 bits per heavy atom. The van der Waals surface area contributed by atoms with Gasteiger partial charge in [-0.15, -0.1) is 11.3 Å². The van der Waals surface area contributed by atoms with Crippen molar-refractivity contribution in [2.75, 3.05) is 0 Å². The van der Waals surface area contributed by atoms with Crippen molar-refractivity contribution < 1.29 is 0 Å². The van der Waals surface area contributed by atoms with Crippen LogP contribution in [0.2, 0.25) is 0 Å². The van der Waals surface area contributed by atoms with Crippen molar-refractivity contribution in [1.82, 2.24) is 9.97 Å². The lowest BCUT2D eigenvalue weighted by Gasteiger charge is -1.98. The van der Waals surface area contributed by atoms with Crippen molar-refractivity contribution in [3.63, 3.8) is 0 Å². The Hall–Kier alpha value is -0.960.